The van der Waals surface area contributed by atoms with E-state index in [1.54, 1.807) is 23.1 Å². The van der Waals surface area contributed by atoms with E-state index in [1.165, 1.54) is 11.3 Å². The fraction of sp³-hybridized carbons (Fsp3) is 0.333. The topological polar surface area (TPSA) is 107 Å². The highest BCUT2D eigenvalue weighted by atomic mass is 32.1. The fourth-order valence-corrected chi connectivity index (χ4v) is 4.55. The predicted octanol–water partition coefficient (Wildman–Crippen LogP) is 3.09. The van der Waals surface area contributed by atoms with Crippen molar-refractivity contribution in [1.29, 1.82) is 0 Å². The Balaban J connectivity index is 1.42. The Bertz CT molecular complexity index is 1180. The van der Waals surface area contributed by atoms with Crippen LogP contribution in [0, 0.1) is 13.8 Å². The number of aryl methyl sites for hydroxylation is 3. The number of hydrogen-bond donors (Lipinski definition) is 3. The van der Waals surface area contributed by atoms with E-state index in [9.17, 15) is 14.4 Å². The molecule has 156 valence electrons. The number of H-pyrrole nitrogens is 1. The first-order valence-corrected chi connectivity index (χ1v) is 10.7. The zero-order valence-electron chi connectivity index (χ0n) is 16.9. The lowest BCUT2D eigenvalue weighted by atomic mass is 10.2. The number of aromatic nitrogens is 2. The van der Waals surface area contributed by atoms with Crippen LogP contribution in [-0.2, 0) is 11.2 Å². The summed E-state index contributed by atoms with van der Waals surface area (Å²) in [6.07, 6.45) is 1.40. The van der Waals surface area contributed by atoms with Crippen LogP contribution in [0.5, 0.6) is 0 Å². The Morgan fingerprint density at radius 1 is 1.30 bits per heavy atom. The Labute approximate surface area is 177 Å². The monoisotopic (exact) mass is 425 g/mol. The summed E-state index contributed by atoms with van der Waals surface area (Å²) >= 11 is 1.49. The lowest BCUT2D eigenvalue weighted by molar-refractivity contribution is -0.116. The molecule has 4 rings (SSSR count). The third kappa shape index (κ3) is 4.06. The molecule has 9 heteroatoms. The van der Waals surface area contributed by atoms with E-state index in [1.807, 2.05) is 19.9 Å². The molecular weight excluding hydrogens is 402 g/mol. The minimum atomic E-state index is -0.184. The smallest absolute Gasteiger partial charge is 0.321 e. The van der Waals surface area contributed by atoms with E-state index >= 15 is 0 Å². The molecule has 0 unspecified atom stereocenters. The maximum atomic E-state index is 12.4. The van der Waals surface area contributed by atoms with Gasteiger partial charge in [-0.25, -0.2) is 9.78 Å². The normalized spacial score (nSPS) is 14.1. The lowest BCUT2D eigenvalue weighted by Crippen LogP contribution is -2.46. The molecule has 3 aromatic rings. The Kier molecular flexibility index (Phi) is 5.54. The molecule has 1 aliphatic heterocycles. The van der Waals surface area contributed by atoms with Gasteiger partial charge in [-0.15, -0.1) is 11.3 Å². The molecule has 0 radical (unpaired) electrons. The van der Waals surface area contributed by atoms with Gasteiger partial charge in [-0.1, -0.05) is 6.07 Å². The summed E-state index contributed by atoms with van der Waals surface area (Å²) in [7, 11) is 0. The quantitative estimate of drug-likeness (QED) is 0.584. The number of nitrogens with one attached hydrogen (secondary N) is 3. The highest BCUT2D eigenvalue weighted by Gasteiger charge is 2.19. The van der Waals surface area contributed by atoms with Gasteiger partial charge in [-0.05, 0) is 44.0 Å². The number of benzene rings is 1. The van der Waals surface area contributed by atoms with Crippen molar-refractivity contribution in [2.45, 2.75) is 33.1 Å². The summed E-state index contributed by atoms with van der Waals surface area (Å²) in [5.41, 5.74) is 2.15. The highest BCUT2D eigenvalue weighted by molar-refractivity contribution is 7.18. The van der Waals surface area contributed by atoms with Crippen LogP contribution in [0.3, 0.4) is 0 Å². The molecular formula is C21H23N5O3S. The van der Waals surface area contributed by atoms with Crippen molar-refractivity contribution in [2.75, 3.05) is 23.3 Å². The van der Waals surface area contributed by atoms with Gasteiger partial charge >= 0.3 is 6.03 Å². The molecule has 2 aromatic heterocycles. The van der Waals surface area contributed by atoms with E-state index in [-0.39, 0.29) is 23.9 Å². The average molecular weight is 426 g/mol. The molecule has 0 aliphatic carbocycles. The summed E-state index contributed by atoms with van der Waals surface area (Å²) < 4.78 is 0. The number of fused-ring (bicyclic) bond motifs is 1. The number of thiophene rings is 1. The SMILES string of the molecule is Cc1sc2nc(CCC(=O)Nc3cccc(N4CCCNC4=O)c3)[nH]c(=O)c2c1C. The molecule has 1 aliphatic rings. The van der Waals surface area contributed by atoms with Crippen molar-refractivity contribution < 1.29 is 9.59 Å². The maximum absolute atomic E-state index is 12.4. The second-order valence-electron chi connectivity index (χ2n) is 7.31. The molecule has 1 aromatic carbocycles. The number of carbonyl (C=O) groups excluding carboxylic acids is 2. The van der Waals surface area contributed by atoms with Gasteiger partial charge in [0.05, 0.1) is 5.39 Å². The summed E-state index contributed by atoms with van der Waals surface area (Å²) in [5, 5.41) is 6.30. The van der Waals surface area contributed by atoms with E-state index in [0.717, 1.165) is 22.5 Å². The van der Waals surface area contributed by atoms with Crippen LogP contribution in [0.4, 0.5) is 16.2 Å². The van der Waals surface area contributed by atoms with Gasteiger partial charge in [0.25, 0.3) is 5.56 Å². The van der Waals surface area contributed by atoms with Crippen molar-refractivity contribution in [1.82, 2.24) is 15.3 Å². The van der Waals surface area contributed by atoms with E-state index in [4.69, 9.17) is 0 Å². The molecule has 3 N–H and O–H groups in total. The fourth-order valence-electron chi connectivity index (χ4n) is 3.50. The third-order valence-corrected chi connectivity index (χ3v) is 6.30. The van der Waals surface area contributed by atoms with Gasteiger partial charge in [0.2, 0.25) is 5.91 Å². The first kappa shape index (κ1) is 20.1. The molecule has 1 saturated heterocycles. The second kappa shape index (κ2) is 8.27. The number of aromatic amines is 1. The summed E-state index contributed by atoms with van der Waals surface area (Å²) in [6, 6.07) is 7.09. The van der Waals surface area contributed by atoms with Gasteiger partial charge in [-0.2, -0.15) is 0 Å². The lowest BCUT2D eigenvalue weighted by Gasteiger charge is -2.27. The summed E-state index contributed by atoms with van der Waals surface area (Å²) in [6.45, 7) is 5.21. The molecule has 1 fully saturated rings. The van der Waals surface area contributed by atoms with Crippen molar-refractivity contribution in [3.05, 3.63) is 50.9 Å². The van der Waals surface area contributed by atoms with Gasteiger partial charge in [0.15, 0.2) is 0 Å². The predicted molar refractivity (Wildman–Crippen MR) is 118 cm³/mol. The molecule has 0 atom stereocenters. The van der Waals surface area contributed by atoms with Crippen molar-refractivity contribution in [3.8, 4) is 0 Å². The molecule has 0 saturated carbocycles. The van der Waals surface area contributed by atoms with Gasteiger partial charge in [0, 0.05) is 42.2 Å². The van der Waals surface area contributed by atoms with Gasteiger partial charge in [-0.3, -0.25) is 14.5 Å². The molecule has 3 heterocycles. The van der Waals surface area contributed by atoms with Crippen LogP contribution in [0.1, 0.15) is 29.1 Å². The minimum absolute atomic E-state index is 0.130. The minimum Gasteiger partial charge on any atom is -0.338 e. The zero-order chi connectivity index (χ0) is 21.3. The standard InChI is InChI=1S/C21H23N5O3S/c1-12-13(2)30-20-18(12)19(28)24-16(25-20)7-8-17(27)23-14-5-3-6-15(11-14)26-10-4-9-22-21(26)29/h3,5-6,11H,4,7-10H2,1-2H3,(H,22,29)(H,23,27)(H,24,25,28). The van der Waals surface area contributed by atoms with Crippen molar-refractivity contribution in [2.24, 2.45) is 0 Å². The van der Waals surface area contributed by atoms with Crippen LogP contribution in [0.15, 0.2) is 29.1 Å². The molecule has 8 nitrogen and oxygen atoms in total. The number of nitrogens with zero attached hydrogens (tertiary/aromatic N) is 2. The second-order valence-corrected chi connectivity index (χ2v) is 8.51. The van der Waals surface area contributed by atoms with Crippen LogP contribution in [0.2, 0.25) is 0 Å². The summed E-state index contributed by atoms with van der Waals surface area (Å²) in [4.78, 5) is 47.5. The highest BCUT2D eigenvalue weighted by Crippen LogP contribution is 2.26. The van der Waals surface area contributed by atoms with Gasteiger partial charge < -0.3 is 15.6 Å². The van der Waals surface area contributed by atoms with E-state index < -0.39 is 0 Å². The van der Waals surface area contributed by atoms with E-state index in [0.29, 0.717) is 41.2 Å². The van der Waals surface area contributed by atoms with Crippen LogP contribution < -0.4 is 21.1 Å². The Hall–Kier alpha value is -3.20. The first-order chi connectivity index (χ1) is 14.4. The number of anilines is 2. The van der Waals surface area contributed by atoms with Crippen LogP contribution >= 0.6 is 11.3 Å². The Morgan fingerprint density at radius 2 is 2.13 bits per heavy atom. The maximum Gasteiger partial charge on any atom is 0.321 e. The van der Waals surface area contributed by atoms with Crippen LogP contribution in [0.25, 0.3) is 10.2 Å². The van der Waals surface area contributed by atoms with Crippen molar-refractivity contribution >= 4 is 44.9 Å². The number of rotatable bonds is 5. The first-order valence-electron chi connectivity index (χ1n) is 9.86. The molecule has 3 amide bonds. The average Bonchev–Trinajstić information content (AvgIpc) is 3.01. The summed E-state index contributed by atoms with van der Waals surface area (Å²) in [5.74, 6) is 0.319. The Morgan fingerprint density at radius 3 is 2.93 bits per heavy atom. The third-order valence-electron chi connectivity index (χ3n) is 5.20. The van der Waals surface area contributed by atoms with Crippen LogP contribution in [-0.4, -0.2) is 35.0 Å². The molecule has 0 bridgehead atoms. The number of urea groups is 1. The number of hydrogen-bond acceptors (Lipinski definition) is 5. The largest absolute Gasteiger partial charge is 0.338 e. The van der Waals surface area contributed by atoms with Gasteiger partial charge in [0.1, 0.15) is 10.7 Å². The van der Waals surface area contributed by atoms with E-state index in [2.05, 4.69) is 20.6 Å². The number of carbonyl (C=O) groups is 2. The molecule has 0 spiro atoms. The van der Waals surface area contributed by atoms with Crippen molar-refractivity contribution in [3.63, 3.8) is 0 Å². The number of amides is 3. The zero-order valence-corrected chi connectivity index (χ0v) is 17.7. The molecule has 30 heavy (non-hydrogen) atoms.